The molecular weight excluding hydrogens is 646 g/mol. The normalized spacial score (nSPS) is 13.4. The second-order valence-electron chi connectivity index (χ2n) is 15.7. The smallest absolute Gasteiger partial charge is 0.397 e. The number of esters is 1. The summed E-state index contributed by atoms with van der Waals surface area (Å²) in [4.78, 5) is 52.8. The van der Waals surface area contributed by atoms with Gasteiger partial charge in [0.25, 0.3) is 0 Å². The van der Waals surface area contributed by atoms with Crippen molar-refractivity contribution in [2.24, 2.45) is 10.8 Å². The zero-order chi connectivity index (χ0) is 37.6. The van der Waals surface area contributed by atoms with Crippen LogP contribution in [0.25, 0.3) is 33.6 Å². The Morgan fingerprint density at radius 2 is 1.16 bits per heavy atom. The minimum Gasteiger partial charge on any atom is -0.453 e. The average molecular weight is 700 g/mol. The van der Waals surface area contributed by atoms with Crippen molar-refractivity contribution in [1.29, 1.82) is 0 Å². The van der Waals surface area contributed by atoms with Crippen LogP contribution in [0.1, 0.15) is 93.0 Å². The van der Waals surface area contributed by atoms with Crippen LogP contribution in [-0.4, -0.2) is 63.2 Å². The SMILES string of the molecule is CCNC(=O)COCNC(c1ncc(-c2ccc(-c3ccc(-c4cnc(C(NC(=O)C(=O)OC(C)(C)C)C(C)(C)C)[nH]4)cc3)cc2)[nH]1)C(C)(C)C. The molecule has 0 saturated carbocycles. The summed E-state index contributed by atoms with van der Waals surface area (Å²) in [6.45, 7) is 20.1. The Morgan fingerprint density at radius 1 is 0.706 bits per heavy atom. The van der Waals surface area contributed by atoms with E-state index in [0.29, 0.717) is 12.4 Å². The summed E-state index contributed by atoms with van der Waals surface area (Å²) in [6, 6.07) is 15.8. The fraction of sp³-hybridized carbons (Fsp3) is 0.462. The summed E-state index contributed by atoms with van der Waals surface area (Å²) < 4.78 is 10.8. The van der Waals surface area contributed by atoms with Crippen molar-refractivity contribution in [1.82, 2.24) is 35.9 Å². The van der Waals surface area contributed by atoms with Gasteiger partial charge in [0.1, 0.15) is 23.9 Å². The van der Waals surface area contributed by atoms with E-state index < -0.39 is 28.9 Å². The molecule has 2 atom stereocenters. The number of aromatic nitrogens is 4. The van der Waals surface area contributed by atoms with E-state index in [-0.39, 0.29) is 30.7 Å². The number of hydrogen-bond acceptors (Lipinski definition) is 8. The summed E-state index contributed by atoms with van der Waals surface area (Å²) in [7, 11) is 0. The Labute approximate surface area is 300 Å². The number of H-pyrrole nitrogens is 2. The molecule has 0 bridgehead atoms. The summed E-state index contributed by atoms with van der Waals surface area (Å²) in [6.07, 6.45) is 3.57. The molecular formula is C39H53N7O5. The lowest BCUT2D eigenvalue weighted by molar-refractivity contribution is -0.164. The monoisotopic (exact) mass is 699 g/mol. The molecule has 2 amide bonds. The Bertz CT molecular complexity index is 1770. The number of nitrogens with zero attached hydrogens (tertiary/aromatic N) is 2. The Kier molecular flexibility index (Phi) is 12.3. The van der Waals surface area contributed by atoms with E-state index in [9.17, 15) is 14.4 Å². The van der Waals surface area contributed by atoms with Crippen LogP contribution < -0.4 is 16.0 Å². The lowest BCUT2D eigenvalue weighted by Gasteiger charge is -2.30. The highest BCUT2D eigenvalue weighted by Gasteiger charge is 2.34. The van der Waals surface area contributed by atoms with Gasteiger partial charge in [-0.3, -0.25) is 14.9 Å². The van der Waals surface area contributed by atoms with Gasteiger partial charge in [0.05, 0.1) is 42.6 Å². The van der Waals surface area contributed by atoms with Crippen molar-refractivity contribution in [2.75, 3.05) is 19.9 Å². The van der Waals surface area contributed by atoms with Gasteiger partial charge in [-0.1, -0.05) is 90.1 Å². The lowest BCUT2D eigenvalue weighted by Crippen LogP contribution is -2.43. The molecule has 2 heterocycles. The number of carbonyl (C=O) groups excluding carboxylic acids is 3. The van der Waals surface area contributed by atoms with Gasteiger partial charge in [-0.25, -0.2) is 14.8 Å². The number of hydrogen-bond donors (Lipinski definition) is 5. The minimum atomic E-state index is -0.930. The summed E-state index contributed by atoms with van der Waals surface area (Å²) in [5.41, 5.74) is 4.37. The first kappa shape index (κ1) is 39.0. The molecule has 2 unspecified atom stereocenters. The maximum atomic E-state index is 12.7. The topological polar surface area (TPSA) is 163 Å². The number of amides is 2. The molecule has 0 spiro atoms. The van der Waals surface area contributed by atoms with Gasteiger partial charge in [0.2, 0.25) is 5.91 Å². The molecule has 12 nitrogen and oxygen atoms in total. The number of ether oxygens (including phenoxy) is 2. The molecule has 12 heteroatoms. The number of carbonyl (C=O) groups is 3. The highest BCUT2D eigenvalue weighted by atomic mass is 16.6. The maximum Gasteiger partial charge on any atom is 0.397 e. The first-order chi connectivity index (χ1) is 23.9. The van der Waals surface area contributed by atoms with Gasteiger partial charge in [-0.15, -0.1) is 0 Å². The highest BCUT2D eigenvalue weighted by Crippen LogP contribution is 2.34. The highest BCUT2D eigenvalue weighted by molar-refractivity contribution is 6.32. The van der Waals surface area contributed by atoms with Gasteiger partial charge >= 0.3 is 11.9 Å². The molecule has 2 aromatic carbocycles. The van der Waals surface area contributed by atoms with Crippen LogP contribution in [0.3, 0.4) is 0 Å². The zero-order valence-electron chi connectivity index (χ0n) is 31.5. The molecule has 2 aromatic heterocycles. The van der Waals surface area contributed by atoms with E-state index in [0.717, 1.165) is 39.5 Å². The lowest BCUT2D eigenvalue weighted by atomic mass is 9.86. The van der Waals surface area contributed by atoms with Gasteiger partial charge in [-0.2, -0.15) is 0 Å². The van der Waals surface area contributed by atoms with E-state index in [4.69, 9.17) is 9.47 Å². The number of benzene rings is 2. The fourth-order valence-corrected chi connectivity index (χ4v) is 5.50. The van der Waals surface area contributed by atoms with E-state index in [2.05, 4.69) is 93.1 Å². The molecule has 4 aromatic rings. The summed E-state index contributed by atoms with van der Waals surface area (Å²) in [5, 5.41) is 8.91. The first-order valence-electron chi connectivity index (χ1n) is 17.3. The van der Waals surface area contributed by atoms with Crippen molar-refractivity contribution in [2.45, 2.75) is 86.9 Å². The van der Waals surface area contributed by atoms with Crippen molar-refractivity contribution < 1.29 is 23.9 Å². The second-order valence-corrected chi connectivity index (χ2v) is 15.7. The summed E-state index contributed by atoms with van der Waals surface area (Å²) in [5.74, 6) is -0.547. The van der Waals surface area contributed by atoms with Crippen LogP contribution in [0, 0.1) is 10.8 Å². The molecule has 0 fully saturated rings. The number of rotatable bonds is 12. The second kappa shape index (κ2) is 16.0. The molecule has 5 N–H and O–H groups in total. The fourth-order valence-electron chi connectivity index (χ4n) is 5.50. The number of likely N-dealkylation sites (N-methyl/N-ethyl adjacent to an activating group) is 1. The Hall–Kier alpha value is -4.81. The van der Waals surface area contributed by atoms with Crippen LogP contribution in [0.2, 0.25) is 0 Å². The standard InChI is InChI=1S/C39H53N7O5/c1-11-40-30(47)22-50-23-43-31(37(2,3)4)33-41-20-28(44-33)26-16-12-24(13-17-26)25-14-18-27(19-15-25)29-21-42-34(45-29)32(38(5,6)7)46-35(48)36(49)51-39(8,9)10/h12-21,31-32,43H,11,22-23H2,1-10H3,(H,40,47)(H,41,44)(H,42,45)(H,46,48). The number of nitrogens with one attached hydrogen (secondary N) is 5. The molecule has 4 rings (SSSR count). The number of imidazole rings is 2. The van der Waals surface area contributed by atoms with E-state index >= 15 is 0 Å². The molecule has 0 aliphatic rings. The van der Waals surface area contributed by atoms with Crippen molar-refractivity contribution in [3.05, 3.63) is 72.6 Å². The van der Waals surface area contributed by atoms with Crippen LogP contribution in [0.4, 0.5) is 0 Å². The average Bonchev–Trinajstić information content (AvgIpc) is 3.73. The third-order valence-electron chi connectivity index (χ3n) is 8.05. The van der Waals surface area contributed by atoms with Crippen molar-refractivity contribution >= 4 is 17.8 Å². The molecule has 0 aliphatic carbocycles. The minimum absolute atomic E-state index is 0.00222. The van der Waals surface area contributed by atoms with Crippen molar-refractivity contribution in [3.63, 3.8) is 0 Å². The predicted octanol–water partition coefficient (Wildman–Crippen LogP) is 6.47. The molecule has 274 valence electrons. The third kappa shape index (κ3) is 10.8. The van der Waals surface area contributed by atoms with Gasteiger partial charge in [-0.05, 0) is 60.8 Å². The molecule has 0 radical (unpaired) electrons. The largest absolute Gasteiger partial charge is 0.453 e. The van der Waals surface area contributed by atoms with E-state index in [1.54, 1.807) is 27.0 Å². The summed E-state index contributed by atoms with van der Waals surface area (Å²) >= 11 is 0. The van der Waals surface area contributed by atoms with Gasteiger partial charge in [0.15, 0.2) is 0 Å². The maximum absolute atomic E-state index is 12.7. The molecule has 0 saturated heterocycles. The van der Waals surface area contributed by atoms with Crippen LogP contribution in [-0.2, 0) is 23.9 Å². The van der Waals surface area contributed by atoms with E-state index in [1.807, 2.05) is 46.0 Å². The van der Waals surface area contributed by atoms with Gasteiger partial charge in [0, 0.05) is 6.54 Å². The van der Waals surface area contributed by atoms with Crippen LogP contribution in [0.15, 0.2) is 60.9 Å². The Morgan fingerprint density at radius 3 is 1.59 bits per heavy atom. The quantitative estimate of drug-likeness (QED) is 0.0487. The zero-order valence-corrected chi connectivity index (χ0v) is 31.5. The number of aromatic amines is 2. The Balaban J connectivity index is 1.43. The van der Waals surface area contributed by atoms with Crippen molar-refractivity contribution in [3.8, 4) is 33.6 Å². The third-order valence-corrected chi connectivity index (χ3v) is 8.05. The van der Waals surface area contributed by atoms with Crippen LogP contribution >= 0.6 is 0 Å². The van der Waals surface area contributed by atoms with Gasteiger partial charge < -0.3 is 30.1 Å². The molecule has 0 aliphatic heterocycles. The van der Waals surface area contributed by atoms with E-state index in [1.165, 1.54) is 0 Å². The predicted molar refractivity (Wildman–Crippen MR) is 198 cm³/mol. The van der Waals surface area contributed by atoms with Crippen LogP contribution in [0.5, 0.6) is 0 Å². The first-order valence-corrected chi connectivity index (χ1v) is 17.3. The molecule has 51 heavy (non-hydrogen) atoms.